The number of carbonyl (C=O) groups excluding carboxylic acids is 1. The summed E-state index contributed by atoms with van der Waals surface area (Å²) < 4.78 is 0. The van der Waals surface area contributed by atoms with Crippen LogP contribution in [0.3, 0.4) is 0 Å². The highest BCUT2D eigenvalue weighted by Gasteiger charge is 2.07. The number of hydrogen-bond donors (Lipinski definition) is 0. The quantitative estimate of drug-likeness (QED) is 0.711. The summed E-state index contributed by atoms with van der Waals surface area (Å²) in [7, 11) is 0. The lowest BCUT2D eigenvalue weighted by Crippen LogP contribution is -2.00. The predicted octanol–water partition coefficient (Wildman–Crippen LogP) is 4.85. The molecule has 0 saturated carbocycles. The Morgan fingerprint density at radius 2 is 1.84 bits per heavy atom. The van der Waals surface area contributed by atoms with E-state index in [4.69, 9.17) is 11.6 Å². The van der Waals surface area contributed by atoms with E-state index in [2.05, 4.69) is 12.1 Å². The van der Waals surface area contributed by atoms with Crippen molar-refractivity contribution >= 4 is 17.4 Å². The van der Waals surface area contributed by atoms with Crippen molar-refractivity contribution in [1.29, 1.82) is 0 Å². The molecule has 2 aromatic rings. The summed E-state index contributed by atoms with van der Waals surface area (Å²) in [5.41, 5.74) is 2.99. The first-order chi connectivity index (χ1) is 9.16. The zero-order chi connectivity index (χ0) is 13.7. The number of hydrogen-bond acceptors (Lipinski definition) is 1. The Kier molecular flexibility index (Phi) is 4.75. The third-order valence-electron chi connectivity index (χ3n) is 3.21. The first-order valence-electron chi connectivity index (χ1n) is 6.50. The van der Waals surface area contributed by atoms with Crippen molar-refractivity contribution in [3.8, 4) is 0 Å². The van der Waals surface area contributed by atoms with Crippen LogP contribution in [-0.2, 0) is 6.42 Å². The Hall–Kier alpha value is -1.60. The predicted molar refractivity (Wildman–Crippen MR) is 79.9 cm³/mol. The van der Waals surface area contributed by atoms with Crippen molar-refractivity contribution in [1.82, 2.24) is 0 Å². The molecule has 0 spiro atoms. The smallest absolute Gasteiger partial charge is 0.162 e. The SMILES string of the molecule is Cc1ccc(C(=O)CCCc2ccccc2)cc1Cl. The van der Waals surface area contributed by atoms with Crippen molar-refractivity contribution in [2.75, 3.05) is 0 Å². The lowest BCUT2D eigenvalue weighted by atomic mass is 10.0. The highest BCUT2D eigenvalue weighted by molar-refractivity contribution is 6.31. The van der Waals surface area contributed by atoms with Crippen LogP contribution < -0.4 is 0 Å². The second-order valence-corrected chi connectivity index (χ2v) is 5.13. The van der Waals surface area contributed by atoms with Gasteiger partial charge in [-0.15, -0.1) is 0 Å². The molecule has 2 rings (SSSR count). The molecular weight excluding hydrogens is 256 g/mol. The standard InChI is InChI=1S/C17H17ClO/c1-13-10-11-15(12-16(13)18)17(19)9-5-8-14-6-3-2-4-7-14/h2-4,6-7,10-12H,5,8-9H2,1H3. The van der Waals surface area contributed by atoms with Crippen LogP contribution in [0, 0.1) is 6.92 Å². The molecule has 1 nitrogen and oxygen atoms in total. The maximum atomic E-state index is 12.0. The minimum atomic E-state index is 0.165. The number of halogens is 1. The third-order valence-corrected chi connectivity index (χ3v) is 3.61. The fourth-order valence-corrected chi connectivity index (χ4v) is 2.19. The number of ketones is 1. The van der Waals surface area contributed by atoms with Gasteiger partial charge in [0.2, 0.25) is 0 Å². The van der Waals surface area contributed by atoms with Crippen molar-refractivity contribution in [3.63, 3.8) is 0 Å². The van der Waals surface area contributed by atoms with Gasteiger partial charge in [0.1, 0.15) is 0 Å². The summed E-state index contributed by atoms with van der Waals surface area (Å²) in [6.45, 7) is 1.94. The van der Waals surface area contributed by atoms with Gasteiger partial charge in [-0.05, 0) is 37.0 Å². The van der Waals surface area contributed by atoms with Crippen molar-refractivity contribution < 1.29 is 4.79 Å². The first-order valence-corrected chi connectivity index (χ1v) is 6.88. The Balaban J connectivity index is 1.89. The minimum Gasteiger partial charge on any atom is -0.294 e. The van der Waals surface area contributed by atoms with E-state index in [0.29, 0.717) is 17.0 Å². The average Bonchev–Trinajstić information content (AvgIpc) is 2.43. The summed E-state index contributed by atoms with van der Waals surface area (Å²) in [6, 6.07) is 15.7. The number of aryl methyl sites for hydroxylation is 2. The molecule has 19 heavy (non-hydrogen) atoms. The van der Waals surface area contributed by atoms with Crippen LogP contribution in [0.5, 0.6) is 0 Å². The lowest BCUT2D eigenvalue weighted by molar-refractivity contribution is 0.0980. The summed E-state index contributed by atoms with van der Waals surface area (Å²) in [5.74, 6) is 0.165. The van der Waals surface area contributed by atoms with Crippen LogP contribution in [0.2, 0.25) is 5.02 Å². The third kappa shape index (κ3) is 3.93. The number of rotatable bonds is 5. The molecule has 0 heterocycles. The topological polar surface area (TPSA) is 17.1 Å². The first kappa shape index (κ1) is 13.8. The molecule has 0 radical (unpaired) electrons. The van der Waals surface area contributed by atoms with Gasteiger partial charge in [-0.1, -0.05) is 54.1 Å². The van der Waals surface area contributed by atoms with Gasteiger partial charge in [0.05, 0.1) is 0 Å². The number of carbonyl (C=O) groups is 1. The van der Waals surface area contributed by atoms with Gasteiger partial charge in [-0.2, -0.15) is 0 Å². The van der Waals surface area contributed by atoms with Crippen molar-refractivity contribution in [2.24, 2.45) is 0 Å². The number of Topliss-reactive ketones (excluding diaryl/α,β-unsaturated/α-hetero) is 1. The van der Waals surface area contributed by atoms with E-state index in [1.54, 1.807) is 6.07 Å². The molecule has 0 bridgehead atoms. The maximum absolute atomic E-state index is 12.0. The van der Waals surface area contributed by atoms with Crippen LogP contribution in [0.4, 0.5) is 0 Å². The molecule has 0 saturated heterocycles. The van der Waals surface area contributed by atoms with Crippen molar-refractivity contribution in [2.45, 2.75) is 26.2 Å². The van der Waals surface area contributed by atoms with Crippen molar-refractivity contribution in [3.05, 3.63) is 70.2 Å². The molecule has 0 aliphatic rings. The van der Waals surface area contributed by atoms with Crippen LogP contribution in [0.25, 0.3) is 0 Å². The second kappa shape index (κ2) is 6.53. The second-order valence-electron chi connectivity index (χ2n) is 4.73. The van der Waals surface area contributed by atoms with Crippen LogP contribution in [0.15, 0.2) is 48.5 Å². The van der Waals surface area contributed by atoms with Crippen LogP contribution >= 0.6 is 11.6 Å². The molecular formula is C17H17ClO. The summed E-state index contributed by atoms with van der Waals surface area (Å²) in [5, 5.41) is 0.661. The monoisotopic (exact) mass is 272 g/mol. The van der Waals surface area contributed by atoms with E-state index in [0.717, 1.165) is 18.4 Å². The Morgan fingerprint density at radius 1 is 1.11 bits per heavy atom. The van der Waals surface area contributed by atoms with E-state index in [1.165, 1.54) is 5.56 Å². The average molecular weight is 273 g/mol. The van der Waals surface area contributed by atoms with Crippen LogP contribution in [-0.4, -0.2) is 5.78 Å². The summed E-state index contributed by atoms with van der Waals surface area (Å²) >= 11 is 6.04. The number of benzene rings is 2. The van der Waals surface area contributed by atoms with E-state index in [-0.39, 0.29) is 5.78 Å². The molecule has 0 atom stereocenters. The molecule has 0 fully saturated rings. The van der Waals surface area contributed by atoms with Gasteiger partial charge in [0.25, 0.3) is 0 Å². The summed E-state index contributed by atoms with van der Waals surface area (Å²) in [6.07, 6.45) is 2.37. The molecule has 0 amide bonds. The van der Waals surface area contributed by atoms with Gasteiger partial charge in [-0.25, -0.2) is 0 Å². The highest BCUT2D eigenvalue weighted by atomic mass is 35.5. The molecule has 0 aromatic heterocycles. The van der Waals surface area contributed by atoms with Gasteiger partial charge >= 0.3 is 0 Å². The van der Waals surface area contributed by atoms with Gasteiger partial charge < -0.3 is 0 Å². The molecule has 2 aromatic carbocycles. The summed E-state index contributed by atoms with van der Waals surface area (Å²) in [4.78, 5) is 12.0. The lowest BCUT2D eigenvalue weighted by Gasteiger charge is -2.04. The van der Waals surface area contributed by atoms with E-state index >= 15 is 0 Å². The zero-order valence-electron chi connectivity index (χ0n) is 11.0. The fraction of sp³-hybridized carbons (Fsp3) is 0.235. The minimum absolute atomic E-state index is 0.165. The Morgan fingerprint density at radius 3 is 2.53 bits per heavy atom. The molecule has 0 aliphatic carbocycles. The largest absolute Gasteiger partial charge is 0.294 e. The molecule has 0 N–H and O–H groups in total. The van der Waals surface area contributed by atoms with E-state index < -0.39 is 0 Å². The Labute approximate surface area is 119 Å². The van der Waals surface area contributed by atoms with E-state index in [9.17, 15) is 4.79 Å². The normalized spacial score (nSPS) is 10.4. The van der Waals surface area contributed by atoms with Crippen LogP contribution in [0.1, 0.15) is 34.3 Å². The van der Waals surface area contributed by atoms with Gasteiger partial charge in [0, 0.05) is 17.0 Å². The molecule has 0 unspecified atom stereocenters. The Bertz CT molecular complexity index is 561. The van der Waals surface area contributed by atoms with Gasteiger partial charge in [0.15, 0.2) is 5.78 Å². The molecule has 98 valence electrons. The molecule has 2 heteroatoms. The van der Waals surface area contributed by atoms with Gasteiger partial charge in [-0.3, -0.25) is 4.79 Å². The zero-order valence-corrected chi connectivity index (χ0v) is 11.8. The molecule has 0 aliphatic heterocycles. The van der Waals surface area contributed by atoms with E-state index in [1.807, 2.05) is 37.3 Å². The maximum Gasteiger partial charge on any atom is 0.162 e. The fourth-order valence-electron chi connectivity index (χ4n) is 2.01. The highest BCUT2D eigenvalue weighted by Crippen LogP contribution is 2.18.